The number of nitrogens with two attached hydrogens (primary N) is 1. The van der Waals surface area contributed by atoms with Crippen LogP contribution in [0, 0.1) is 12.8 Å². The highest BCUT2D eigenvalue weighted by atomic mass is 35.5. The van der Waals surface area contributed by atoms with E-state index in [2.05, 4.69) is 19.2 Å². The minimum atomic E-state index is -0.447. The molecule has 3 N–H and O–H groups in total. The number of piperidine rings is 1. The summed E-state index contributed by atoms with van der Waals surface area (Å²) in [6.45, 7) is 7.45. The Morgan fingerprint density at radius 2 is 1.76 bits per heavy atom. The number of benzene rings is 1. The second-order valence-electron chi connectivity index (χ2n) is 7.18. The van der Waals surface area contributed by atoms with E-state index in [1.807, 2.05) is 36.1 Å². The SMILES string of the molecule is Cc1ccc(C(=O)N2CCC(NC(=O)[C@@H](N)CC(C)C)CC2)cc1.Cl. The molecule has 0 aliphatic carbocycles. The van der Waals surface area contributed by atoms with E-state index < -0.39 is 6.04 Å². The van der Waals surface area contributed by atoms with E-state index in [1.54, 1.807) is 0 Å². The molecular formula is C19H30ClN3O2. The highest BCUT2D eigenvalue weighted by Gasteiger charge is 2.26. The number of amides is 2. The van der Waals surface area contributed by atoms with Crippen molar-refractivity contribution in [2.24, 2.45) is 11.7 Å². The van der Waals surface area contributed by atoms with Crippen molar-refractivity contribution in [3.05, 3.63) is 35.4 Å². The van der Waals surface area contributed by atoms with Crippen molar-refractivity contribution in [3.63, 3.8) is 0 Å². The molecular weight excluding hydrogens is 338 g/mol. The maximum atomic E-state index is 12.5. The Labute approximate surface area is 156 Å². The van der Waals surface area contributed by atoms with Crippen LogP contribution in [0.1, 0.15) is 49.0 Å². The van der Waals surface area contributed by atoms with Gasteiger partial charge in [0.1, 0.15) is 0 Å². The summed E-state index contributed by atoms with van der Waals surface area (Å²) in [6.07, 6.45) is 2.24. The van der Waals surface area contributed by atoms with Gasteiger partial charge in [0, 0.05) is 24.7 Å². The maximum Gasteiger partial charge on any atom is 0.253 e. The van der Waals surface area contributed by atoms with Crippen LogP contribution >= 0.6 is 12.4 Å². The average molecular weight is 368 g/mol. The second kappa shape index (κ2) is 9.78. The van der Waals surface area contributed by atoms with Crippen molar-refractivity contribution < 1.29 is 9.59 Å². The van der Waals surface area contributed by atoms with E-state index in [9.17, 15) is 9.59 Å². The molecule has 2 amide bonds. The molecule has 0 radical (unpaired) electrons. The van der Waals surface area contributed by atoms with Gasteiger partial charge < -0.3 is 16.0 Å². The Kier molecular flexibility index (Phi) is 8.39. The highest BCUT2D eigenvalue weighted by Crippen LogP contribution is 2.15. The number of rotatable bonds is 5. The summed E-state index contributed by atoms with van der Waals surface area (Å²) in [7, 11) is 0. The van der Waals surface area contributed by atoms with Gasteiger partial charge in [0.25, 0.3) is 5.91 Å². The lowest BCUT2D eigenvalue weighted by Crippen LogP contribution is -2.50. The van der Waals surface area contributed by atoms with Crippen molar-refractivity contribution >= 4 is 24.2 Å². The number of halogens is 1. The molecule has 0 aromatic heterocycles. The van der Waals surface area contributed by atoms with Gasteiger partial charge >= 0.3 is 0 Å². The van der Waals surface area contributed by atoms with Crippen molar-refractivity contribution in [2.75, 3.05) is 13.1 Å². The molecule has 0 saturated carbocycles. The van der Waals surface area contributed by atoms with Crippen LogP contribution in [0.3, 0.4) is 0 Å². The van der Waals surface area contributed by atoms with Crippen molar-refractivity contribution in [3.8, 4) is 0 Å². The van der Waals surface area contributed by atoms with Crippen LogP contribution < -0.4 is 11.1 Å². The summed E-state index contributed by atoms with van der Waals surface area (Å²) in [5.74, 6) is 0.392. The maximum absolute atomic E-state index is 12.5. The number of carbonyl (C=O) groups is 2. The van der Waals surface area contributed by atoms with Crippen molar-refractivity contribution in [2.45, 2.75) is 52.1 Å². The molecule has 1 fully saturated rings. The zero-order chi connectivity index (χ0) is 17.7. The molecule has 1 atom stereocenters. The summed E-state index contributed by atoms with van der Waals surface area (Å²) in [4.78, 5) is 26.4. The third-order valence-corrected chi connectivity index (χ3v) is 4.49. The fraction of sp³-hybridized carbons (Fsp3) is 0.579. The minimum Gasteiger partial charge on any atom is -0.352 e. The van der Waals surface area contributed by atoms with Crippen molar-refractivity contribution in [1.29, 1.82) is 0 Å². The van der Waals surface area contributed by atoms with Gasteiger partial charge in [0.05, 0.1) is 6.04 Å². The predicted molar refractivity (Wildman–Crippen MR) is 103 cm³/mol. The molecule has 1 aromatic carbocycles. The third-order valence-electron chi connectivity index (χ3n) is 4.49. The molecule has 0 spiro atoms. The van der Waals surface area contributed by atoms with Gasteiger partial charge in [-0.15, -0.1) is 12.4 Å². The molecule has 1 aliphatic rings. The van der Waals surface area contributed by atoms with Crippen molar-refractivity contribution in [1.82, 2.24) is 10.2 Å². The van der Waals surface area contributed by atoms with Gasteiger partial charge in [-0.25, -0.2) is 0 Å². The fourth-order valence-electron chi connectivity index (χ4n) is 3.03. The average Bonchev–Trinajstić information content (AvgIpc) is 2.55. The van der Waals surface area contributed by atoms with Gasteiger partial charge in [-0.05, 0) is 44.2 Å². The Bertz CT molecular complexity index is 567. The molecule has 5 nitrogen and oxygen atoms in total. The van der Waals surface area contributed by atoms with E-state index in [0.29, 0.717) is 25.4 Å². The number of hydrogen-bond acceptors (Lipinski definition) is 3. The molecule has 1 aromatic rings. The molecule has 0 bridgehead atoms. The second-order valence-corrected chi connectivity index (χ2v) is 7.18. The normalized spacial score (nSPS) is 16.3. The van der Waals surface area contributed by atoms with Gasteiger partial charge in [-0.3, -0.25) is 9.59 Å². The van der Waals surface area contributed by atoms with Crippen LogP contribution in [0.2, 0.25) is 0 Å². The summed E-state index contributed by atoms with van der Waals surface area (Å²) >= 11 is 0. The number of nitrogens with zero attached hydrogens (tertiary/aromatic N) is 1. The first-order valence-electron chi connectivity index (χ1n) is 8.78. The molecule has 1 aliphatic heterocycles. The molecule has 2 rings (SSSR count). The quantitative estimate of drug-likeness (QED) is 0.839. The molecule has 25 heavy (non-hydrogen) atoms. The topological polar surface area (TPSA) is 75.4 Å². The number of carbonyl (C=O) groups excluding carboxylic acids is 2. The number of aryl methyl sites for hydroxylation is 1. The van der Waals surface area contributed by atoms with Gasteiger partial charge in [0.2, 0.25) is 5.91 Å². The van der Waals surface area contributed by atoms with Gasteiger partial charge in [0.15, 0.2) is 0 Å². The highest BCUT2D eigenvalue weighted by molar-refractivity contribution is 5.94. The smallest absolute Gasteiger partial charge is 0.253 e. The van der Waals surface area contributed by atoms with Crippen LogP contribution in [0.4, 0.5) is 0 Å². The van der Waals surface area contributed by atoms with E-state index in [1.165, 1.54) is 0 Å². The minimum absolute atomic E-state index is 0. The standard InChI is InChI=1S/C19H29N3O2.ClH/c1-13(2)12-17(20)18(23)21-16-8-10-22(11-9-16)19(24)15-6-4-14(3)5-7-15;/h4-7,13,16-17H,8-12,20H2,1-3H3,(H,21,23);1H/t17-;/m0./s1. The lowest BCUT2D eigenvalue weighted by atomic mass is 10.0. The zero-order valence-corrected chi connectivity index (χ0v) is 16.1. The lowest BCUT2D eigenvalue weighted by molar-refractivity contribution is -0.123. The summed E-state index contributed by atoms with van der Waals surface area (Å²) in [5.41, 5.74) is 7.79. The fourth-order valence-corrected chi connectivity index (χ4v) is 3.03. The summed E-state index contributed by atoms with van der Waals surface area (Å²) in [5, 5.41) is 3.03. The Morgan fingerprint density at radius 1 is 1.20 bits per heavy atom. The molecule has 1 saturated heterocycles. The lowest BCUT2D eigenvalue weighted by Gasteiger charge is -2.33. The molecule has 1 heterocycles. The van der Waals surface area contributed by atoms with Crippen LogP contribution in [-0.4, -0.2) is 41.9 Å². The number of hydrogen-bond donors (Lipinski definition) is 2. The largest absolute Gasteiger partial charge is 0.352 e. The summed E-state index contributed by atoms with van der Waals surface area (Å²) in [6, 6.07) is 7.31. The van der Waals surface area contributed by atoms with Crippen LogP contribution in [-0.2, 0) is 4.79 Å². The molecule has 0 unspecified atom stereocenters. The Balaban J connectivity index is 0.00000312. The first kappa shape index (κ1) is 21.5. The summed E-state index contributed by atoms with van der Waals surface area (Å²) < 4.78 is 0. The first-order valence-corrected chi connectivity index (χ1v) is 8.78. The van der Waals surface area contributed by atoms with E-state index in [-0.39, 0.29) is 30.3 Å². The van der Waals surface area contributed by atoms with Crippen LogP contribution in [0.15, 0.2) is 24.3 Å². The number of likely N-dealkylation sites (tertiary alicyclic amines) is 1. The Morgan fingerprint density at radius 3 is 2.28 bits per heavy atom. The molecule has 140 valence electrons. The third kappa shape index (κ3) is 6.33. The zero-order valence-electron chi connectivity index (χ0n) is 15.3. The van der Waals surface area contributed by atoms with Gasteiger partial charge in [-0.2, -0.15) is 0 Å². The Hall–Kier alpha value is -1.59. The van der Waals surface area contributed by atoms with E-state index in [4.69, 9.17) is 5.73 Å². The molecule has 6 heteroatoms. The van der Waals surface area contributed by atoms with Crippen LogP contribution in [0.5, 0.6) is 0 Å². The number of nitrogens with one attached hydrogen (secondary N) is 1. The monoisotopic (exact) mass is 367 g/mol. The predicted octanol–water partition coefficient (Wildman–Crippen LogP) is 2.51. The first-order chi connectivity index (χ1) is 11.4. The van der Waals surface area contributed by atoms with E-state index in [0.717, 1.165) is 24.0 Å². The van der Waals surface area contributed by atoms with Gasteiger partial charge in [-0.1, -0.05) is 31.5 Å². The van der Waals surface area contributed by atoms with E-state index >= 15 is 0 Å². The van der Waals surface area contributed by atoms with Crippen LogP contribution in [0.25, 0.3) is 0 Å².